The van der Waals surface area contributed by atoms with Gasteiger partial charge in [-0.3, -0.25) is 14.6 Å². The lowest BCUT2D eigenvalue weighted by Gasteiger charge is -2.03. The number of benzene rings is 1. The van der Waals surface area contributed by atoms with E-state index >= 15 is 0 Å². The van der Waals surface area contributed by atoms with Gasteiger partial charge < -0.3 is 0 Å². The quantitative estimate of drug-likeness (QED) is 0.581. The summed E-state index contributed by atoms with van der Waals surface area (Å²) in [5.41, 5.74) is 1.35. The van der Waals surface area contributed by atoms with Crippen molar-refractivity contribution in [2.45, 2.75) is 13.3 Å². The molecule has 1 aromatic carbocycles. The molecule has 1 heterocycles. The van der Waals surface area contributed by atoms with Crippen LogP contribution >= 0.6 is 0 Å². The van der Waals surface area contributed by atoms with Gasteiger partial charge in [-0.2, -0.15) is 0 Å². The number of fused-ring (bicyclic) bond motifs is 1. The molecule has 0 amide bonds. The van der Waals surface area contributed by atoms with Crippen LogP contribution < -0.4 is 0 Å². The number of rotatable bonds is 3. The number of hydrogen-bond donors (Lipinski definition) is 0. The minimum Gasteiger partial charge on any atom is -0.300 e. The summed E-state index contributed by atoms with van der Waals surface area (Å²) in [6.45, 7) is 1.42. The molecule has 0 N–H and O–H groups in total. The summed E-state index contributed by atoms with van der Waals surface area (Å²) in [5, 5.41) is 0.802. The fraction of sp³-hybridized carbons (Fsp3) is 0.154. The van der Waals surface area contributed by atoms with E-state index in [0.29, 0.717) is 5.56 Å². The van der Waals surface area contributed by atoms with Gasteiger partial charge >= 0.3 is 0 Å². The Morgan fingerprint density at radius 3 is 2.69 bits per heavy atom. The summed E-state index contributed by atoms with van der Waals surface area (Å²) in [4.78, 5) is 26.9. The van der Waals surface area contributed by atoms with Gasteiger partial charge in [-0.1, -0.05) is 18.2 Å². The minimum atomic E-state index is -0.147. The second-order valence-electron chi connectivity index (χ2n) is 3.68. The Morgan fingerprint density at radius 1 is 1.19 bits per heavy atom. The van der Waals surface area contributed by atoms with Gasteiger partial charge in [-0.15, -0.1) is 0 Å². The summed E-state index contributed by atoms with van der Waals surface area (Å²) in [5.74, 6) is -0.267. The lowest BCUT2D eigenvalue weighted by Crippen LogP contribution is -2.05. The maximum Gasteiger partial charge on any atom is 0.170 e. The predicted octanol–water partition coefficient (Wildman–Crippen LogP) is 2.40. The summed E-state index contributed by atoms with van der Waals surface area (Å²) in [6.07, 6.45) is 1.55. The molecule has 0 radical (unpaired) electrons. The molecule has 0 aliphatic rings. The van der Waals surface area contributed by atoms with Gasteiger partial charge in [-0.25, -0.2) is 0 Å². The molecule has 3 nitrogen and oxygen atoms in total. The van der Waals surface area contributed by atoms with Gasteiger partial charge in [0.1, 0.15) is 5.78 Å². The molecule has 0 aliphatic heterocycles. The molecule has 0 aliphatic carbocycles. The molecule has 80 valence electrons. The SMILES string of the molecule is CC(=O)CC(=O)c1ccnc2ccccc12. The first-order valence-corrected chi connectivity index (χ1v) is 5.05. The normalized spacial score (nSPS) is 10.3. The minimum absolute atomic E-state index is 0.0476. The molecular weight excluding hydrogens is 202 g/mol. The summed E-state index contributed by atoms with van der Waals surface area (Å²) >= 11 is 0. The standard InChI is InChI=1S/C13H11NO2/c1-9(15)8-13(16)11-6-7-14-12-5-3-2-4-10(11)12/h2-7H,8H2,1H3. The zero-order valence-electron chi connectivity index (χ0n) is 8.93. The van der Waals surface area contributed by atoms with Crippen LogP contribution in [0, 0.1) is 0 Å². The molecule has 3 heteroatoms. The van der Waals surface area contributed by atoms with Crippen molar-refractivity contribution in [2.24, 2.45) is 0 Å². The fourth-order valence-corrected chi connectivity index (χ4v) is 1.66. The Hall–Kier alpha value is -2.03. The van der Waals surface area contributed by atoms with Gasteiger partial charge in [0.2, 0.25) is 0 Å². The van der Waals surface area contributed by atoms with Crippen molar-refractivity contribution in [2.75, 3.05) is 0 Å². The van der Waals surface area contributed by atoms with Crippen LogP contribution in [0.25, 0.3) is 10.9 Å². The molecule has 0 saturated heterocycles. The maximum atomic E-state index is 11.8. The summed E-state index contributed by atoms with van der Waals surface area (Å²) in [6, 6.07) is 9.08. The van der Waals surface area contributed by atoms with Gasteiger partial charge in [0.25, 0.3) is 0 Å². The Kier molecular flexibility index (Phi) is 2.77. The van der Waals surface area contributed by atoms with Crippen molar-refractivity contribution in [3.63, 3.8) is 0 Å². The number of carbonyl (C=O) groups excluding carboxylic acids is 2. The number of pyridine rings is 1. The number of hydrogen-bond acceptors (Lipinski definition) is 3. The van der Waals surface area contributed by atoms with Crippen LogP contribution in [0.3, 0.4) is 0 Å². The smallest absolute Gasteiger partial charge is 0.170 e. The zero-order chi connectivity index (χ0) is 11.5. The summed E-state index contributed by atoms with van der Waals surface area (Å²) < 4.78 is 0. The Bertz CT molecular complexity index is 555. The Labute approximate surface area is 93.1 Å². The molecule has 2 aromatic rings. The molecule has 0 fully saturated rings. The number of para-hydroxylation sites is 1. The fourth-order valence-electron chi connectivity index (χ4n) is 1.66. The molecule has 1 aromatic heterocycles. The third-order valence-corrected chi connectivity index (χ3v) is 2.36. The number of carbonyl (C=O) groups is 2. The van der Waals surface area contributed by atoms with E-state index in [1.807, 2.05) is 24.3 Å². The predicted molar refractivity (Wildman–Crippen MR) is 61.4 cm³/mol. The van der Waals surface area contributed by atoms with Gasteiger partial charge in [0, 0.05) is 17.1 Å². The molecule has 16 heavy (non-hydrogen) atoms. The molecule has 0 bridgehead atoms. The van der Waals surface area contributed by atoms with Gasteiger partial charge in [0.05, 0.1) is 11.9 Å². The van der Waals surface area contributed by atoms with Crippen molar-refractivity contribution >= 4 is 22.5 Å². The molecule has 2 rings (SSSR count). The van der Waals surface area contributed by atoms with E-state index in [4.69, 9.17) is 0 Å². The van der Waals surface area contributed by atoms with Crippen molar-refractivity contribution in [1.29, 1.82) is 0 Å². The van der Waals surface area contributed by atoms with Crippen LogP contribution in [0.2, 0.25) is 0 Å². The zero-order valence-corrected chi connectivity index (χ0v) is 8.93. The van der Waals surface area contributed by atoms with Gasteiger partial charge in [0.15, 0.2) is 5.78 Å². The highest BCUT2D eigenvalue weighted by Gasteiger charge is 2.11. The third-order valence-electron chi connectivity index (χ3n) is 2.36. The highest BCUT2D eigenvalue weighted by Crippen LogP contribution is 2.17. The van der Waals surface area contributed by atoms with Crippen LogP contribution in [0.15, 0.2) is 36.5 Å². The Balaban J connectivity index is 2.52. The van der Waals surface area contributed by atoms with Crippen LogP contribution in [-0.4, -0.2) is 16.6 Å². The second kappa shape index (κ2) is 4.23. The first kappa shape index (κ1) is 10.5. The molecule has 0 saturated carbocycles. The number of Topliss-reactive ketones (excluding diaryl/α,β-unsaturated/α-hetero) is 2. The number of aromatic nitrogens is 1. The van der Waals surface area contributed by atoms with Crippen LogP contribution in [0.1, 0.15) is 23.7 Å². The van der Waals surface area contributed by atoms with Crippen LogP contribution in [0.4, 0.5) is 0 Å². The maximum absolute atomic E-state index is 11.8. The molecule has 0 unspecified atom stereocenters. The van der Waals surface area contributed by atoms with Crippen molar-refractivity contribution in [3.8, 4) is 0 Å². The lowest BCUT2D eigenvalue weighted by atomic mass is 10.0. The number of nitrogens with zero attached hydrogens (tertiary/aromatic N) is 1. The van der Waals surface area contributed by atoms with E-state index in [1.165, 1.54) is 6.92 Å². The van der Waals surface area contributed by atoms with E-state index in [2.05, 4.69) is 4.98 Å². The van der Waals surface area contributed by atoms with Crippen LogP contribution in [-0.2, 0) is 4.79 Å². The first-order chi connectivity index (χ1) is 7.68. The third kappa shape index (κ3) is 1.98. The van der Waals surface area contributed by atoms with Crippen molar-refractivity contribution < 1.29 is 9.59 Å². The van der Waals surface area contributed by atoms with E-state index in [-0.39, 0.29) is 18.0 Å². The number of ketones is 2. The largest absolute Gasteiger partial charge is 0.300 e. The first-order valence-electron chi connectivity index (χ1n) is 5.05. The van der Waals surface area contributed by atoms with E-state index in [0.717, 1.165) is 10.9 Å². The highest BCUT2D eigenvalue weighted by atomic mass is 16.1. The average Bonchev–Trinajstić information content (AvgIpc) is 2.27. The average molecular weight is 213 g/mol. The topological polar surface area (TPSA) is 47.0 Å². The molecule has 0 spiro atoms. The van der Waals surface area contributed by atoms with E-state index in [1.54, 1.807) is 12.3 Å². The van der Waals surface area contributed by atoms with E-state index in [9.17, 15) is 9.59 Å². The monoisotopic (exact) mass is 213 g/mol. The van der Waals surface area contributed by atoms with E-state index < -0.39 is 0 Å². The molecule has 0 atom stereocenters. The van der Waals surface area contributed by atoms with Crippen molar-refractivity contribution in [3.05, 3.63) is 42.1 Å². The van der Waals surface area contributed by atoms with Crippen LogP contribution in [0.5, 0.6) is 0 Å². The lowest BCUT2D eigenvalue weighted by molar-refractivity contribution is -0.116. The summed E-state index contributed by atoms with van der Waals surface area (Å²) in [7, 11) is 0. The molecular formula is C13H11NO2. The second-order valence-corrected chi connectivity index (χ2v) is 3.68. The van der Waals surface area contributed by atoms with Crippen molar-refractivity contribution in [1.82, 2.24) is 4.98 Å². The van der Waals surface area contributed by atoms with Gasteiger partial charge in [-0.05, 0) is 19.1 Å². The highest BCUT2D eigenvalue weighted by molar-refractivity contribution is 6.13. The Morgan fingerprint density at radius 2 is 1.94 bits per heavy atom.